The summed E-state index contributed by atoms with van der Waals surface area (Å²) >= 11 is 7.37. The number of nitrogens with one attached hydrogen (secondary N) is 3. The maximum absolute atomic E-state index is 11.8. The monoisotopic (exact) mass is 605 g/mol. The number of halogens is 1. The first-order valence-corrected chi connectivity index (χ1v) is 15.6. The first kappa shape index (κ1) is 29.8. The second-order valence-electron chi connectivity index (χ2n) is 10.1. The first-order chi connectivity index (χ1) is 20.4. The number of aromatic nitrogens is 6. The number of benzene rings is 1. The molecule has 0 amide bonds. The van der Waals surface area contributed by atoms with Crippen LogP contribution < -0.4 is 10.1 Å². The Balaban J connectivity index is 0.000000199. The van der Waals surface area contributed by atoms with E-state index in [0.717, 1.165) is 82.6 Å². The third kappa shape index (κ3) is 5.83. The molecule has 0 aliphatic carbocycles. The molecule has 42 heavy (non-hydrogen) atoms. The van der Waals surface area contributed by atoms with E-state index >= 15 is 0 Å². The van der Waals surface area contributed by atoms with Crippen LogP contribution in [0.4, 0.5) is 11.5 Å². The average Bonchev–Trinajstić information content (AvgIpc) is 3.65. The van der Waals surface area contributed by atoms with Gasteiger partial charge in [-0.3, -0.25) is 4.79 Å². The van der Waals surface area contributed by atoms with E-state index in [1.54, 1.807) is 13.4 Å². The molecule has 5 heterocycles. The summed E-state index contributed by atoms with van der Waals surface area (Å²) in [6.07, 6.45) is 9.59. The molecule has 0 saturated heterocycles. The van der Waals surface area contributed by atoms with Crippen molar-refractivity contribution in [2.24, 2.45) is 0 Å². The van der Waals surface area contributed by atoms with Gasteiger partial charge in [0, 0.05) is 22.7 Å². The fraction of sp³-hybridized carbons (Fsp3) is 0.387. The third-order valence-electron chi connectivity index (χ3n) is 7.42. The van der Waals surface area contributed by atoms with Crippen LogP contribution in [0, 0.1) is 0 Å². The van der Waals surface area contributed by atoms with Crippen molar-refractivity contribution in [2.45, 2.75) is 77.5 Å². The van der Waals surface area contributed by atoms with Gasteiger partial charge in [0.1, 0.15) is 40.7 Å². The predicted octanol–water partition coefficient (Wildman–Crippen LogP) is 7.53. The molecular weight excluding hydrogens is 570 g/mol. The molecule has 4 aromatic heterocycles. The lowest BCUT2D eigenvalue weighted by Gasteiger charge is -2.13. The number of carbonyl (C=O) groups excluding carboxylic acids is 1. The Morgan fingerprint density at radius 2 is 1.52 bits per heavy atom. The first-order valence-electron chi connectivity index (χ1n) is 14.4. The van der Waals surface area contributed by atoms with Gasteiger partial charge >= 0.3 is 0 Å². The van der Waals surface area contributed by atoms with Gasteiger partial charge in [0.05, 0.1) is 23.6 Å². The summed E-state index contributed by atoms with van der Waals surface area (Å²) in [6, 6.07) is 3.91. The second kappa shape index (κ2) is 13.1. The van der Waals surface area contributed by atoms with E-state index in [-0.39, 0.29) is 5.12 Å². The molecule has 0 saturated carbocycles. The maximum Gasteiger partial charge on any atom is 0.198 e. The number of thioether (sulfide) groups is 1. The van der Waals surface area contributed by atoms with E-state index in [0.29, 0.717) is 17.3 Å². The number of hydrogen-bond donors (Lipinski definition) is 3. The predicted molar refractivity (Wildman–Crippen MR) is 170 cm³/mol. The summed E-state index contributed by atoms with van der Waals surface area (Å²) in [7, 11) is 1.64. The lowest BCUT2D eigenvalue weighted by Crippen LogP contribution is -2.00. The largest absolute Gasteiger partial charge is 0.495 e. The maximum atomic E-state index is 11.8. The lowest BCUT2D eigenvalue weighted by molar-refractivity contribution is -0.110. The van der Waals surface area contributed by atoms with Crippen molar-refractivity contribution in [2.75, 3.05) is 12.4 Å². The molecule has 1 aliphatic rings. The van der Waals surface area contributed by atoms with Gasteiger partial charge in [0.2, 0.25) is 0 Å². The molecule has 9 nitrogen and oxygen atoms in total. The summed E-state index contributed by atoms with van der Waals surface area (Å²) in [5.41, 5.74) is 8.50. The number of fused-ring (bicyclic) bond motifs is 3. The zero-order valence-electron chi connectivity index (χ0n) is 24.7. The highest BCUT2D eigenvalue weighted by Crippen LogP contribution is 2.41. The second-order valence-corrected chi connectivity index (χ2v) is 11.6. The number of anilines is 2. The Morgan fingerprint density at radius 1 is 0.905 bits per heavy atom. The highest BCUT2D eigenvalue weighted by atomic mass is 35.5. The molecule has 0 fully saturated rings. The third-order valence-corrected chi connectivity index (χ3v) is 8.68. The van der Waals surface area contributed by atoms with Gasteiger partial charge in [-0.05, 0) is 54.5 Å². The van der Waals surface area contributed by atoms with Gasteiger partial charge in [0.25, 0.3) is 0 Å². The molecule has 0 atom stereocenters. The summed E-state index contributed by atoms with van der Waals surface area (Å²) in [4.78, 5) is 36.7. The zero-order chi connectivity index (χ0) is 29.8. The van der Waals surface area contributed by atoms with Crippen LogP contribution in [0.15, 0.2) is 29.7 Å². The van der Waals surface area contributed by atoms with Gasteiger partial charge in [-0.25, -0.2) is 19.9 Å². The standard InChI is InChI=1S/C20H22N4O2S.C11H14ClN3/c1-4-6-13-12(5-2)18-19(23-13)21-10-22-20(18)24-14-9-16-11(7-15(14)26-3)8-17(25)27-16;1-3-5-8-7(4-2)9-10(12)13-6-14-11(9)15-8/h7,9-10H,4-6,8H2,1-3H3,(H2,21,22,23,24);6H,3-5H2,1-2H3,(H,13,14,15). The Hall–Kier alpha value is -3.63. The van der Waals surface area contributed by atoms with Crippen LogP contribution in [0.5, 0.6) is 5.75 Å². The quantitative estimate of drug-likeness (QED) is 0.147. The molecule has 0 unspecified atom stereocenters. The van der Waals surface area contributed by atoms with Crippen LogP contribution >= 0.6 is 23.4 Å². The van der Waals surface area contributed by atoms with Crippen molar-refractivity contribution >= 4 is 62.1 Å². The van der Waals surface area contributed by atoms with Crippen LogP contribution in [-0.2, 0) is 36.9 Å². The normalized spacial score (nSPS) is 12.5. The Bertz CT molecular complexity index is 1750. The van der Waals surface area contributed by atoms with Gasteiger partial charge in [-0.2, -0.15) is 0 Å². The fourth-order valence-corrected chi connectivity index (χ4v) is 6.74. The smallest absolute Gasteiger partial charge is 0.198 e. The number of carbonyl (C=O) groups is 1. The van der Waals surface area contributed by atoms with E-state index in [4.69, 9.17) is 16.3 Å². The van der Waals surface area contributed by atoms with E-state index < -0.39 is 0 Å². The van der Waals surface area contributed by atoms with Crippen molar-refractivity contribution < 1.29 is 9.53 Å². The van der Waals surface area contributed by atoms with E-state index in [1.165, 1.54) is 40.6 Å². The Morgan fingerprint density at radius 3 is 2.14 bits per heavy atom. The van der Waals surface area contributed by atoms with Crippen molar-refractivity contribution in [3.05, 3.63) is 58.0 Å². The van der Waals surface area contributed by atoms with Gasteiger partial charge in [-0.15, -0.1) is 0 Å². The number of methoxy groups -OCH3 is 1. The van der Waals surface area contributed by atoms with Gasteiger partial charge in [-0.1, -0.05) is 63.9 Å². The van der Waals surface area contributed by atoms with Crippen LogP contribution in [0.25, 0.3) is 22.1 Å². The van der Waals surface area contributed by atoms with E-state index in [2.05, 4.69) is 62.9 Å². The number of nitrogens with zero attached hydrogens (tertiary/aromatic N) is 4. The molecule has 3 N–H and O–H groups in total. The van der Waals surface area contributed by atoms with Crippen molar-refractivity contribution in [1.29, 1.82) is 0 Å². The van der Waals surface area contributed by atoms with Crippen LogP contribution in [0.3, 0.4) is 0 Å². The highest BCUT2D eigenvalue weighted by Gasteiger charge is 2.23. The number of aromatic amines is 2. The number of ether oxygens (including phenoxy) is 1. The van der Waals surface area contributed by atoms with E-state index in [1.807, 2.05) is 12.1 Å². The number of H-pyrrole nitrogens is 2. The summed E-state index contributed by atoms with van der Waals surface area (Å²) in [6.45, 7) is 8.62. The molecular formula is C31H36ClN7O2S. The molecule has 11 heteroatoms. The summed E-state index contributed by atoms with van der Waals surface area (Å²) in [5.74, 6) is 1.46. The molecule has 5 aromatic rings. The Kier molecular flexibility index (Phi) is 9.33. The molecule has 0 spiro atoms. The SMILES string of the molecule is CCCc1[nH]c2ncnc(Cl)c2c1CC.CCCc1[nH]c2ncnc(Nc3cc4c(cc3OC)CC(=O)S4)c2c1CC. The summed E-state index contributed by atoms with van der Waals surface area (Å²) in [5, 5.41) is 6.15. The molecule has 1 aromatic carbocycles. The fourth-order valence-electron chi connectivity index (χ4n) is 5.58. The molecule has 220 valence electrons. The molecule has 6 rings (SSSR count). The van der Waals surface area contributed by atoms with Crippen LogP contribution in [0.1, 0.15) is 68.6 Å². The number of hydrogen-bond acceptors (Lipinski definition) is 8. The minimum absolute atomic E-state index is 0.164. The van der Waals surface area contributed by atoms with Crippen LogP contribution in [0.2, 0.25) is 5.15 Å². The minimum Gasteiger partial charge on any atom is -0.495 e. The van der Waals surface area contributed by atoms with Gasteiger partial charge in [0.15, 0.2) is 5.12 Å². The van der Waals surface area contributed by atoms with Crippen molar-refractivity contribution in [3.8, 4) is 5.75 Å². The van der Waals surface area contributed by atoms with Crippen molar-refractivity contribution in [3.63, 3.8) is 0 Å². The number of rotatable bonds is 9. The lowest BCUT2D eigenvalue weighted by atomic mass is 10.1. The Labute approximate surface area is 254 Å². The van der Waals surface area contributed by atoms with Crippen LogP contribution in [-0.4, -0.2) is 42.1 Å². The minimum atomic E-state index is 0.164. The molecule has 0 bridgehead atoms. The average molecular weight is 606 g/mol. The summed E-state index contributed by atoms with van der Waals surface area (Å²) < 4.78 is 5.56. The topological polar surface area (TPSA) is 121 Å². The molecule has 0 radical (unpaired) electrons. The van der Waals surface area contributed by atoms with Crippen molar-refractivity contribution in [1.82, 2.24) is 29.9 Å². The van der Waals surface area contributed by atoms with Gasteiger partial charge < -0.3 is 20.0 Å². The van der Waals surface area contributed by atoms with E-state index in [9.17, 15) is 4.79 Å². The number of aryl methyl sites for hydroxylation is 4. The zero-order valence-corrected chi connectivity index (χ0v) is 26.2. The highest BCUT2D eigenvalue weighted by molar-refractivity contribution is 8.14. The molecule has 1 aliphatic heterocycles.